The molecule has 5 rings (SSSR count). The summed E-state index contributed by atoms with van der Waals surface area (Å²) < 4.78 is 32.2. The van der Waals surface area contributed by atoms with Gasteiger partial charge in [0.05, 0.1) is 37.6 Å². The van der Waals surface area contributed by atoms with Crippen molar-refractivity contribution in [3.8, 4) is 39.8 Å². The second-order valence-electron chi connectivity index (χ2n) is 7.51. The molecule has 166 valence electrons. The average Bonchev–Trinajstić information content (AvgIpc) is 3.29. The van der Waals surface area contributed by atoms with Gasteiger partial charge in [-0.2, -0.15) is 0 Å². The van der Waals surface area contributed by atoms with Crippen LogP contribution in [-0.2, 0) is 0 Å². The summed E-state index contributed by atoms with van der Waals surface area (Å²) >= 11 is 6.01. The van der Waals surface area contributed by atoms with E-state index in [1.165, 1.54) is 6.07 Å². The number of fused-ring (bicyclic) bond motifs is 3. The Morgan fingerprint density at radius 1 is 0.818 bits per heavy atom. The summed E-state index contributed by atoms with van der Waals surface area (Å²) in [4.78, 5) is 4.83. The van der Waals surface area contributed by atoms with Crippen molar-refractivity contribution in [2.75, 3.05) is 21.3 Å². The molecule has 7 heteroatoms. The highest BCUT2D eigenvalue weighted by atomic mass is 35.5. The molecule has 0 N–H and O–H groups in total. The van der Waals surface area contributed by atoms with Gasteiger partial charge in [-0.15, -0.1) is 0 Å². The van der Waals surface area contributed by atoms with Gasteiger partial charge in [0.2, 0.25) is 0 Å². The Labute approximate surface area is 194 Å². The quantitative estimate of drug-likeness (QED) is 0.293. The van der Waals surface area contributed by atoms with Gasteiger partial charge in [0.1, 0.15) is 17.3 Å². The van der Waals surface area contributed by atoms with Crippen LogP contribution in [-0.4, -0.2) is 30.7 Å². The molecule has 0 aliphatic carbocycles. The molecule has 33 heavy (non-hydrogen) atoms. The van der Waals surface area contributed by atoms with Crippen molar-refractivity contribution in [1.29, 1.82) is 0 Å². The van der Waals surface area contributed by atoms with Gasteiger partial charge in [-0.05, 0) is 60.0 Å². The molecule has 0 radical (unpaired) electrons. The first kappa shape index (κ1) is 21.1. The minimum Gasteiger partial charge on any atom is -0.494 e. The molecular weight excluding hydrogens is 443 g/mol. The molecule has 0 unspecified atom stereocenters. The van der Waals surface area contributed by atoms with Gasteiger partial charge in [0, 0.05) is 28.9 Å². The standard InChI is InChI=1S/C26H20ClFN2O3/c1-31-23-7-6-21(29-26(23)16-4-5-20(28)19(27)10-16)17-11-22-18-13-25(33-3)24(32-2)12-15(18)8-9-30(22)14-17/h4-14H,1-3H3. The van der Waals surface area contributed by atoms with E-state index in [1.807, 2.05) is 47.1 Å². The maximum absolute atomic E-state index is 13.7. The lowest BCUT2D eigenvalue weighted by molar-refractivity contribution is 0.356. The van der Waals surface area contributed by atoms with Gasteiger partial charge in [-0.3, -0.25) is 0 Å². The van der Waals surface area contributed by atoms with Crippen molar-refractivity contribution in [2.45, 2.75) is 0 Å². The van der Waals surface area contributed by atoms with Crippen molar-refractivity contribution < 1.29 is 18.6 Å². The third-order valence-electron chi connectivity index (χ3n) is 5.66. The normalized spacial score (nSPS) is 11.2. The SMILES string of the molecule is COc1cc2ccn3cc(-c4ccc(OC)c(-c5ccc(F)c(Cl)c5)n4)cc3c2cc1OC. The molecule has 3 aromatic heterocycles. The van der Waals surface area contributed by atoms with Crippen molar-refractivity contribution in [2.24, 2.45) is 0 Å². The first-order chi connectivity index (χ1) is 16.0. The van der Waals surface area contributed by atoms with Crippen molar-refractivity contribution in [3.63, 3.8) is 0 Å². The van der Waals surface area contributed by atoms with E-state index in [-0.39, 0.29) is 5.02 Å². The third kappa shape index (κ3) is 3.62. The van der Waals surface area contributed by atoms with Crippen molar-refractivity contribution in [1.82, 2.24) is 9.38 Å². The number of hydrogen-bond donors (Lipinski definition) is 0. The van der Waals surface area contributed by atoms with E-state index in [1.54, 1.807) is 33.5 Å². The summed E-state index contributed by atoms with van der Waals surface area (Å²) in [5, 5.41) is 2.10. The number of aromatic nitrogens is 2. The summed E-state index contributed by atoms with van der Waals surface area (Å²) in [6.45, 7) is 0. The zero-order valence-corrected chi connectivity index (χ0v) is 19.0. The van der Waals surface area contributed by atoms with Crippen LogP contribution in [0.25, 0.3) is 38.8 Å². The number of methoxy groups -OCH3 is 3. The fourth-order valence-corrected chi connectivity index (χ4v) is 4.18. The molecule has 5 nitrogen and oxygen atoms in total. The van der Waals surface area contributed by atoms with E-state index in [0.29, 0.717) is 28.5 Å². The highest BCUT2D eigenvalue weighted by Gasteiger charge is 2.15. The molecule has 2 aromatic carbocycles. The lowest BCUT2D eigenvalue weighted by Gasteiger charge is -2.10. The van der Waals surface area contributed by atoms with Gasteiger partial charge < -0.3 is 18.6 Å². The predicted octanol–water partition coefficient (Wildman–Crippen LogP) is 6.64. The number of hydrogen-bond acceptors (Lipinski definition) is 4. The zero-order valence-electron chi connectivity index (χ0n) is 18.2. The first-order valence-electron chi connectivity index (χ1n) is 10.2. The van der Waals surface area contributed by atoms with Crippen LogP contribution in [0.3, 0.4) is 0 Å². The number of pyridine rings is 2. The molecule has 5 aromatic rings. The number of rotatable bonds is 5. The number of nitrogens with zero attached hydrogens (tertiary/aromatic N) is 2. The van der Waals surface area contributed by atoms with Crippen molar-refractivity contribution >= 4 is 27.9 Å². The summed E-state index contributed by atoms with van der Waals surface area (Å²) in [5.41, 5.74) is 3.94. The molecule has 0 amide bonds. The Morgan fingerprint density at radius 2 is 1.58 bits per heavy atom. The van der Waals surface area contributed by atoms with Crippen LogP contribution in [0, 0.1) is 5.82 Å². The Kier molecular flexibility index (Phi) is 5.30. The maximum Gasteiger partial charge on any atom is 0.161 e. The summed E-state index contributed by atoms with van der Waals surface area (Å²) in [5.74, 6) is 1.44. The van der Waals surface area contributed by atoms with E-state index >= 15 is 0 Å². The lowest BCUT2D eigenvalue weighted by atomic mass is 10.1. The maximum atomic E-state index is 13.7. The van der Waals surface area contributed by atoms with Gasteiger partial charge in [0.15, 0.2) is 11.5 Å². The molecule has 3 heterocycles. The monoisotopic (exact) mass is 462 g/mol. The molecule has 0 saturated carbocycles. The lowest BCUT2D eigenvalue weighted by Crippen LogP contribution is -1.94. The predicted molar refractivity (Wildman–Crippen MR) is 128 cm³/mol. The van der Waals surface area contributed by atoms with Gasteiger partial charge in [0.25, 0.3) is 0 Å². The van der Waals surface area contributed by atoms with Crippen LogP contribution in [0.2, 0.25) is 5.02 Å². The number of ether oxygens (including phenoxy) is 3. The second-order valence-corrected chi connectivity index (χ2v) is 7.91. The number of benzene rings is 2. The van der Waals surface area contributed by atoms with E-state index in [0.717, 1.165) is 27.5 Å². The van der Waals surface area contributed by atoms with E-state index in [9.17, 15) is 4.39 Å². The van der Waals surface area contributed by atoms with Crippen LogP contribution in [0.5, 0.6) is 17.2 Å². The highest BCUT2D eigenvalue weighted by Crippen LogP contribution is 2.37. The van der Waals surface area contributed by atoms with Gasteiger partial charge in [-0.1, -0.05) is 11.6 Å². The van der Waals surface area contributed by atoms with E-state index in [4.69, 9.17) is 30.8 Å². The van der Waals surface area contributed by atoms with Crippen molar-refractivity contribution in [3.05, 3.63) is 77.8 Å². The van der Waals surface area contributed by atoms with Crippen LogP contribution in [0.15, 0.2) is 67.0 Å². The van der Waals surface area contributed by atoms with Crippen LogP contribution < -0.4 is 14.2 Å². The van der Waals surface area contributed by atoms with Crippen LogP contribution in [0.4, 0.5) is 4.39 Å². The van der Waals surface area contributed by atoms with Gasteiger partial charge >= 0.3 is 0 Å². The summed E-state index contributed by atoms with van der Waals surface area (Å²) in [6.07, 6.45) is 4.01. The average molecular weight is 463 g/mol. The fourth-order valence-electron chi connectivity index (χ4n) is 4.00. The Morgan fingerprint density at radius 3 is 2.30 bits per heavy atom. The summed E-state index contributed by atoms with van der Waals surface area (Å²) in [7, 11) is 4.82. The number of halogens is 2. The molecule has 0 atom stereocenters. The minimum atomic E-state index is -0.479. The largest absolute Gasteiger partial charge is 0.494 e. The molecule has 0 aliphatic heterocycles. The molecular formula is C26H20ClFN2O3. The molecule has 0 aliphatic rings. The topological polar surface area (TPSA) is 45.0 Å². The van der Waals surface area contributed by atoms with E-state index < -0.39 is 5.82 Å². The molecule has 0 bridgehead atoms. The Bertz CT molecular complexity index is 1510. The first-order valence-corrected chi connectivity index (χ1v) is 10.6. The zero-order chi connectivity index (χ0) is 23.1. The Hall–Kier alpha value is -3.77. The fraction of sp³-hybridized carbons (Fsp3) is 0.115. The smallest absolute Gasteiger partial charge is 0.161 e. The summed E-state index contributed by atoms with van der Waals surface area (Å²) in [6, 6.07) is 16.3. The molecule has 0 fully saturated rings. The molecule has 0 saturated heterocycles. The van der Waals surface area contributed by atoms with Gasteiger partial charge in [-0.25, -0.2) is 9.37 Å². The molecule has 0 spiro atoms. The second kappa shape index (κ2) is 8.30. The minimum absolute atomic E-state index is 0.0345. The van der Waals surface area contributed by atoms with Crippen LogP contribution in [0.1, 0.15) is 0 Å². The third-order valence-corrected chi connectivity index (χ3v) is 5.95. The van der Waals surface area contributed by atoms with Crippen LogP contribution >= 0.6 is 11.6 Å². The Balaban J connectivity index is 1.67. The highest BCUT2D eigenvalue weighted by molar-refractivity contribution is 6.31. The van der Waals surface area contributed by atoms with E-state index in [2.05, 4.69) is 6.07 Å².